The highest BCUT2D eigenvalue weighted by atomic mass is 16.3. The van der Waals surface area contributed by atoms with Crippen LogP contribution in [-0.4, -0.2) is 33.6 Å². The molecule has 6 nitrogen and oxygen atoms in total. The molecule has 2 rings (SSSR count). The first-order valence-electron chi connectivity index (χ1n) is 6.85. The standard InChI is InChI=1S/C15H20N4O2/c1-19-14(7-8-17-19)10-16-15(21)18-13(11-20)9-12-5-3-2-4-6-12/h2-8,13,20H,9-11H2,1H3,(H2,16,18,21)/t13-/m0/s1. The third kappa shape index (κ3) is 4.61. The van der Waals surface area contributed by atoms with E-state index in [2.05, 4.69) is 15.7 Å². The Balaban J connectivity index is 1.81. The smallest absolute Gasteiger partial charge is 0.315 e. The lowest BCUT2D eigenvalue weighted by molar-refractivity contribution is 0.215. The van der Waals surface area contributed by atoms with Gasteiger partial charge in [-0.3, -0.25) is 4.68 Å². The van der Waals surface area contributed by atoms with Crippen molar-refractivity contribution < 1.29 is 9.90 Å². The number of benzene rings is 1. The highest BCUT2D eigenvalue weighted by molar-refractivity contribution is 5.74. The number of carbonyl (C=O) groups is 1. The van der Waals surface area contributed by atoms with Crippen molar-refractivity contribution in [1.29, 1.82) is 0 Å². The second-order valence-electron chi connectivity index (χ2n) is 4.84. The zero-order chi connectivity index (χ0) is 15.1. The summed E-state index contributed by atoms with van der Waals surface area (Å²) in [4.78, 5) is 11.8. The van der Waals surface area contributed by atoms with Crippen LogP contribution in [0.5, 0.6) is 0 Å². The molecule has 0 saturated heterocycles. The van der Waals surface area contributed by atoms with Gasteiger partial charge in [-0.2, -0.15) is 5.10 Å². The second-order valence-corrected chi connectivity index (χ2v) is 4.84. The van der Waals surface area contributed by atoms with Gasteiger partial charge in [0.2, 0.25) is 0 Å². The van der Waals surface area contributed by atoms with Crippen molar-refractivity contribution in [2.75, 3.05) is 6.61 Å². The summed E-state index contributed by atoms with van der Waals surface area (Å²) in [7, 11) is 1.82. The summed E-state index contributed by atoms with van der Waals surface area (Å²) in [5.41, 5.74) is 1.98. The first-order valence-corrected chi connectivity index (χ1v) is 6.85. The van der Waals surface area contributed by atoms with Crippen LogP contribution < -0.4 is 10.6 Å². The first kappa shape index (κ1) is 15.1. The number of rotatable bonds is 6. The number of aliphatic hydroxyl groups excluding tert-OH is 1. The Morgan fingerprint density at radius 2 is 2.10 bits per heavy atom. The van der Waals surface area contributed by atoms with Crippen molar-refractivity contribution >= 4 is 6.03 Å². The van der Waals surface area contributed by atoms with Crippen LogP contribution in [0.4, 0.5) is 4.79 Å². The van der Waals surface area contributed by atoms with Crippen molar-refractivity contribution in [2.24, 2.45) is 7.05 Å². The summed E-state index contributed by atoms with van der Waals surface area (Å²) < 4.78 is 1.70. The molecule has 0 aliphatic heterocycles. The molecule has 1 atom stereocenters. The van der Waals surface area contributed by atoms with Crippen molar-refractivity contribution in [3.8, 4) is 0 Å². The monoisotopic (exact) mass is 288 g/mol. The van der Waals surface area contributed by atoms with Crippen LogP contribution in [0.2, 0.25) is 0 Å². The van der Waals surface area contributed by atoms with Gasteiger partial charge in [-0.05, 0) is 18.1 Å². The topological polar surface area (TPSA) is 79.2 Å². The Kier molecular flexibility index (Phi) is 5.34. The summed E-state index contributed by atoms with van der Waals surface area (Å²) in [5.74, 6) is 0. The van der Waals surface area contributed by atoms with E-state index in [0.717, 1.165) is 11.3 Å². The maximum absolute atomic E-state index is 11.8. The first-order chi connectivity index (χ1) is 10.2. The third-order valence-corrected chi connectivity index (χ3v) is 3.23. The van der Waals surface area contributed by atoms with E-state index in [9.17, 15) is 9.90 Å². The quantitative estimate of drug-likeness (QED) is 0.736. The van der Waals surface area contributed by atoms with Crippen LogP contribution in [0.25, 0.3) is 0 Å². The number of hydrogen-bond donors (Lipinski definition) is 3. The maximum Gasteiger partial charge on any atom is 0.315 e. The van der Waals surface area contributed by atoms with Crippen molar-refractivity contribution in [2.45, 2.75) is 19.0 Å². The normalized spacial score (nSPS) is 11.9. The van der Waals surface area contributed by atoms with Gasteiger partial charge in [0, 0.05) is 13.2 Å². The van der Waals surface area contributed by atoms with Gasteiger partial charge in [0.1, 0.15) is 0 Å². The van der Waals surface area contributed by atoms with Gasteiger partial charge in [-0.25, -0.2) is 4.79 Å². The minimum atomic E-state index is -0.307. The number of carbonyl (C=O) groups excluding carboxylic acids is 1. The fraction of sp³-hybridized carbons (Fsp3) is 0.333. The average Bonchev–Trinajstić information content (AvgIpc) is 2.91. The molecule has 2 amide bonds. The van der Waals surface area contributed by atoms with Crippen LogP contribution in [0.1, 0.15) is 11.3 Å². The molecule has 0 aliphatic carbocycles. The third-order valence-electron chi connectivity index (χ3n) is 3.23. The van der Waals surface area contributed by atoms with Crippen LogP contribution in [-0.2, 0) is 20.0 Å². The number of amides is 2. The van der Waals surface area contributed by atoms with Crippen molar-refractivity contribution in [3.63, 3.8) is 0 Å². The van der Waals surface area contributed by atoms with Gasteiger partial charge in [-0.15, -0.1) is 0 Å². The predicted octanol–water partition coefficient (Wildman–Crippen LogP) is 0.823. The average molecular weight is 288 g/mol. The van der Waals surface area contributed by atoms with E-state index in [1.807, 2.05) is 43.4 Å². The summed E-state index contributed by atoms with van der Waals surface area (Å²) in [5, 5.41) is 18.9. The Bertz CT molecular complexity index is 568. The molecule has 0 saturated carbocycles. The predicted molar refractivity (Wildman–Crippen MR) is 79.6 cm³/mol. The number of urea groups is 1. The zero-order valence-corrected chi connectivity index (χ0v) is 12.0. The molecule has 1 heterocycles. The van der Waals surface area contributed by atoms with Crippen LogP contribution in [0.15, 0.2) is 42.6 Å². The molecule has 1 aromatic carbocycles. The molecule has 0 aliphatic rings. The fourth-order valence-corrected chi connectivity index (χ4v) is 2.04. The number of nitrogens with one attached hydrogen (secondary N) is 2. The molecule has 6 heteroatoms. The van der Waals surface area contributed by atoms with Gasteiger partial charge in [0.25, 0.3) is 0 Å². The fourth-order valence-electron chi connectivity index (χ4n) is 2.04. The van der Waals surface area contributed by atoms with Crippen molar-refractivity contribution in [1.82, 2.24) is 20.4 Å². The number of nitrogens with zero attached hydrogens (tertiary/aromatic N) is 2. The van der Waals surface area contributed by atoms with E-state index in [4.69, 9.17) is 0 Å². The summed E-state index contributed by atoms with van der Waals surface area (Å²) in [6, 6.07) is 11.0. The summed E-state index contributed by atoms with van der Waals surface area (Å²) in [6.07, 6.45) is 2.28. The molecule has 0 fully saturated rings. The van der Waals surface area contributed by atoms with E-state index in [-0.39, 0.29) is 18.7 Å². The summed E-state index contributed by atoms with van der Waals surface area (Å²) in [6.45, 7) is 0.292. The van der Waals surface area contributed by atoms with Gasteiger partial charge in [0.05, 0.1) is 24.9 Å². The molecule has 0 unspecified atom stereocenters. The lowest BCUT2D eigenvalue weighted by atomic mass is 10.1. The number of aliphatic hydroxyl groups is 1. The maximum atomic E-state index is 11.8. The number of hydrogen-bond acceptors (Lipinski definition) is 3. The SMILES string of the molecule is Cn1nccc1CNC(=O)N[C@H](CO)Cc1ccccc1. The van der Waals surface area contributed by atoms with E-state index in [0.29, 0.717) is 13.0 Å². The largest absolute Gasteiger partial charge is 0.394 e. The molecule has 21 heavy (non-hydrogen) atoms. The van der Waals surface area contributed by atoms with Crippen LogP contribution in [0.3, 0.4) is 0 Å². The van der Waals surface area contributed by atoms with Gasteiger partial charge in [-0.1, -0.05) is 30.3 Å². The zero-order valence-electron chi connectivity index (χ0n) is 12.0. The Hall–Kier alpha value is -2.34. The van der Waals surface area contributed by atoms with E-state index in [1.165, 1.54) is 0 Å². The van der Waals surface area contributed by atoms with Crippen LogP contribution in [0, 0.1) is 0 Å². The lowest BCUT2D eigenvalue weighted by Gasteiger charge is -2.17. The van der Waals surface area contributed by atoms with Gasteiger partial charge < -0.3 is 15.7 Å². The molecule has 1 aromatic heterocycles. The Morgan fingerprint density at radius 3 is 2.71 bits per heavy atom. The van der Waals surface area contributed by atoms with E-state index >= 15 is 0 Å². The molecule has 0 bridgehead atoms. The minimum absolute atomic E-state index is 0.103. The number of aromatic nitrogens is 2. The van der Waals surface area contributed by atoms with E-state index in [1.54, 1.807) is 10.9 Å². The molecule has 2 aromatic rings. The molecule has 112 valence electrons. The summed E-state index contributed by atoms with van der Waals surface area (Å²) >= 11 is 0. The molecular weight excluding hydrogens is 268 g/mol. The highest BCUT2D eigenvalue weighted by Crippen LogP contribution is 2.03. The minimum Gasteiger partial charge on any atom is -0.394 e. The molecule has 3 N–H and O–H groups in total. The van der Waals surface area contributed by atoms with Gasteiger partial charge >= 0.3 is 6.03 Å². The highest BCUT2D eigenvalue weighted by Gasteiger charge is 2.12. The molecule has 0 spiro atoms. The van der Waals surface area contributed by atoms with E-state index < -0.39 is 0 Å². The second kappa shape index (κ2) is 7.44. The lowest BCUT2D eigenvalue weighted by Crippen LogP contribution is -2.44. The Labute approximate surface area is 123 Å². The molecule has 0 radical (unpaired) electrons. The Morgan fingerprint density at radius 1 is 1.33 bits per heavy atom. The van der Waals surface area contributed by atoms with Crippen LogP contribution >= 0.6 is 0 Å². The number of aryl methyl sites for hydroxylation is 1. The molecular formula is C15H20N4O2. The van der Waals surface area contributed by atoms with Gasteiger partial charge in [0.15, 0.2) is 0 Å². The van der Waals surface area contributed by atoms with Crippen molar-refractivity contribution in [3.05, 3.63) is 53.9 Å².